The van der Waals surface area contributed by atoms with E-state index in [1.54, 1.807) is 54.6 Å². The summed E-state index contributed by atoms with van der Waals surface area (Å²) >= 11 is 0. The molecule has 0 aliphatic carbocycles. The van der Waals surface area contributed by atoms with Crippen molar-refractivity contribution in [2.45, 2.75) is 12.1 Å². The first-order valence-corrected chi connectivity index (χ1v) is 8.82. The Hall–Kier alpha value is -3.93. The molecule has 0 radical (unpaired) electrons. The summed E-state index contributed by atoms with van der Waals surface area (Å²) in [5.74, 6) is -1.02. The first kappa shape index (κ1) is 19.4. The van der Waals surface area contributed by atoms with E-state index in [1.165, 1.54) is 7.11 Å². The Balaban J connectivity index is 2.01. The van der Waals surface area contributed by atoms with Gasteiger partial charge in [-0.1, -0.05) is 30.3 Å². The molecule has 2 N–H and O–H groups in total. The van der Waals surface area contributed by atoms with Gasteiger partial charge in [-0.3, -0.25) is 0 Å². The third kappa shape index (κ3) is 3.12. The molecule has 1 aliphatic rings. The Morgan fingerprint density at radius 2 is 1.80 bits per heavy atom. The van der Waals surface area contributed by atoms with Crippen LogP contribution in [0.3, 0.4) is 0 Å². The number of alkyl halides is 3. The zero-order chi connectivity index (χ0) is 21.5. The molecule has 1 aromatic heterocycles. The molecular formula is C21H15F3N4O2. The number of nitrogens with two attached hydrogens (primary N) is 1. The third-order valence-corrected chi connectivity index (χ3v) is 4.77. The van der Waals surface area contributed by atoms with Crippen molar-refractivity contribution >= 4 is 0 Å². The van der Waals surface area contributed by atoms with Crippen LogP contribution >= 0.6 is 0 Å². The summed E-state index contributed by atoms with van der Waals surface area (Å²) in [7, 11) is 1.48. The molecule has 6 nitrogen and oxygen atoms in total. The Morgan fingerprint density at radius 1 is 1.13 bits per heavy atom. The number of methoxy groups -OCH3 is 1. The summed E-state index contributed by atoms with van der Waals surface area (Å²) in [6.45, 7) is 0. The minimum absolute atomic E-state index is 0.120. The van der Waals surface area contributed by atoms with E-state index in [9.17, 15) is 18.4 Å². The number of benzene rings is 2. The van der Waals surface area contributed by atoms with Gasteiger partial charge in [0.15, 0.2) is 5.69 Å². The topological polar surface area (TPSA) is 86.1 Å². The second kappa shape index (κ2) is 7.15. The fraction of sp³-hybridized carbons (Fsp3) is 0.143. The molecular weight excluding hydrogens is 397 g/mol. The van der Waals surface area contributed by atoms with Gasteiger partial charge in [-0.05, 0) is 29.8 Å². The van der Waals surface area contributed by atoms with Gasteiger partial charge in [0.25, 0.3) is 0 Å². The normalized spacial score (nSPS) is 15.9. The smallest absolute Gasteiger partial charge is 0.435 e. The Morgan fingerprint density at radius 3 is 2.37 bits per heavy atom. The van der Waals surface area contributed by atoms with Crippen molar-refractivity contribution in [2.75, 3.05) is 7.11 Å². The highest BCUT2D eigenvalue weighted by Crippen LogP contribution is 2.48. The van der Waals surface area contributed by atoms with Crippen molar-refractivity contribution in [3.05, 3.63) is 82.9 Å². The molecule has 30 heavy (non-hydrogen) atoms. The number of ether oxygens (including phenoxy) is 2. The number of halogens is 3. The molecule has 0 fully saturated rings. The zero-order valence-electron chi connectivity index (χ0n) is 15.6. The summed E-state index contributed by atoms with van der Waals surface area (Å²) in [5, 5.41) is 13.4. The van der Waals surface area contributed by atoms with E-state index in [2.05, 4.69) is 5.10 Å². The van der Waals surface area contributed by atoms with Crippen LogP contribution in [0.4, 0.5) is 13.2 Å². The summed E-state index contributed by atoms with van der Waals surface area (Å²) in [6, 6.07) is 16.5. The predicted molar refractivity (Wildman–Crippen MR) is 101 cm³/mol. The first-order valence-electron chi connectivity index (χ1n) is 8.82. The molecule has 2 heterocycles. The monoisotopic (exact) mass is 412 g/mol. The van der Waals surface area contributed by atoms with Gasteiger partial charge in [-0.25, -0.2) is 0 Å². The van der Waals surface area contributed by atoms with E-state index in [4.69, 9.17) is 15.2 Å². The average Bonchev–Trinajstić information content (AvgIpc) is 3.13. The molecule has 0 saturated heterocycles. The number of allylic oxidation sites excluding steroid dienone is 1. The fourth-order valence-electron chi connectivity index (χ4n) is 3.42. The van der Waals surface area contributed by atoms with Crippen LogP contribution in [0.25, 0.3) is 5.69 Å². The van der Waals surface area contributed by atoms with Crippen LogP contribution in [0.5, 0.6) is 11.6 Å². The SMILES string of the molecule is COc1ccc([C@H]2C(C#N)=C(N)Oc3c2c(C(F)(F)F)nn3-c2ccccc2)cc1. The summed E-state index contributed by atoms with van der Waals surface area (Å²) in [4.78, 5) is 0. The molecule has 0 saturated carbocycles. The first-order chi connectivity index (χ1) is 14.3. The molecule has 1 atom stereocenters. The van der Waals surface area contributed by atoms with E-state index >= 15 is 0 Å². The molecule has 3 aromatic rings. The van der Waals surface area contributed by atoms with Gasteiger partial charge < -0.3 is 15.2 Å². The number of nitriles is 1. The number of aromatic nitrogens is 2. The van der Waals surface area contributed by atoms with Crippen molar-refractivity contribution in [2.24, 2.45) is 5.73 Å². The minimum Gasteiger partial charge on any atom is -0.497 e. The quantitative estimate of drug-likeness (QED) is 0.700. The molecule has 0 bridgehead atoms. The summed E-state index contributed by atoms with van der Waals surface area (Å²) < 4.78 is 53.6. The lowest BCUT2D eigenvalue weighted by molar-refractivity contribution is -0.142. The molecule has 0 spiro atoms. The zero-order valence-corrected chi connectivity index (χ0v) is 15.6. The predicted octanol–water partition coefficient (Wildman–Crippen LogP) is 4.12. The van der Waals surface area contributed by atoms with E-state index in [-0.39, 0.29) is 22.9 Å². The van der Waals surface area contributed by atoms with Gasteiger partial charge >= 0.3 is 6.18 Å². The second-order valence-electron chi connectivity index (χ2n) is 6.51. The maximum Gasteiger partial charge on any atom is 0.435 e. The van der Waals surface area contributed by atoms with Gasteiger partial charge in [0.05, 0.1) is 24.3 Å². The lowest BCUT2D eigenvalue weighted by atomic mass is 9.84. The van der Waals surface area contributed by atoms with Gasteiger partial charge in [0.1, 0.15) is 17.4 Å². The van der Waals surface area contributed by atoms with Crippen LogP contribution in [-0.2, 0) is 6.18 Å². The highest BCUT2D eigenvalue weighted by Gasteiger charge is 2.46. The molecule has 152 valence electrons. The molecule has 0 unspecified atom stereocenters. The molecule has 2 aromatic carbocycles. The van der Waals surface area contributed by atoms with Crippen LogP contribution in [0.15, 0.2) is 66.1 Å². The van der Waals surface area contributed by atoms with E-state index in [1.807, 2.05) is 6.07 Å². The summed E-state index contributed by atoms with van der Waals surface area (Å²) in [6.07, 6.45) is -4.77. The van der Waals surface area contributed by atoms with Crippen molar-refractivity contribution in [3.8, 4) is 23.4 Å². The number of hydrogen-bond acceptors (Lipinski definition) is 5. The number of hydrogen-bond donors (Lipinski definition) is 1. The lowest BCUT2D eigenvalue weighted by Crippen LogP contribution is -2.23. The largest absolute Gasteiger partial charge is 0.497 e. The lowest BCUT2D eigenvalue weighted by Gasteiger charge is -2.25. The Kier molecular flexibility index (Phi) is 4.62. The van der Waals surface area contributed by atoms with Crippen LogP contribution < -0.4 is 15.2 Å². The van der Waals surface area contributed by atoms with E-state index in [0.717, 1.165) is 4.68 Å². The molecule has 4 rings (SSSR count). The number of nitrogens with zero attached hydrogens (tertiary/aromatic N) is 3. The van der Waals surface area contributed by atoms with E-state index < -0.39 is 17.8 Å². The Bertz CT molecular complexity index is 1160. The number of para-hydroxylation sites is 1. The van der Waals surface area contributed by atoms with Gasteiger partial charge in [0.2, 0.25) is 11.8 Å². The van der Waals surface area contributed by atoms with Crippen molar-refractivity contribution in [1.82, 2.24) is 9.78 Å². The van der Waals surface area contributed by atoms with E-state index in [0.29, 0.717) is 17.0 Å². The molecule has 1 aliphatic heterocycles. The van der Waals surface area contributed by atoms with Crippen LogP contribution in [0.2, 0.25) is 0 Å². The van der Waals surface area contributed by atoms with Crippen molar-refractivity contribution in [3.63, 3.8) is 0 Å². The second-order valence-corrected chi connectivity index (χ2v) is 6.51. The van der Waals surface area contributed by atoms with Gasteiger partial charge in [-0.15, -0.1) is 0 Å². The van der Waals surface area contributed by atoms with Crippen molar-refractivity contribution < 1.29 is 22.6 Å². The number of rotatable bonds is 3. The minimum atomic E-state index is -4.77. The Labute approximate surface area is 169 Å². The third-order valence-electron chi connectivity index (χ3n) is 4.77. The maximum absolute atomic E-state index is 14.0. The van der Waals surface area contributed by atoms with Crippen molar-refractivity contribution in [1.29, 1.82) is 5.26 Å². The highest BCUT2D eigenvalue weighted by molar-refractivity contribution is 5.58. The fourth-order valence-corrected chi connectivity index (χ4v) is 3.42. The van der Waals surface area contributed by atoms with Gasteiger partial charge in [-0.2, -0.15) is 28.2 Å². The highest BCUT2D eigenvalue weighted by atomic mass is 19.4. The van der Waals surface area contributed by atoms with Crippen LogP contribution in [0, 0.1) is 11.3 Å². The maximum atomic E-state index is 14.0. The molecule has 9 heteroatoms. The standard InChI is InChI=1S/C21H15F3N4O2/c1-29-14-9-7-12(8-10-14)16-15(11-25)19(26)30-20-17(16)18(21(22,23)24)27-28(20)13-5-3-2-4-6-13/h2-10,16H,26H2,1H3/t16-/m0/s1. The molecule has 0 amide bonds. The summed E-state index contributed by atoms with van der Waals surface area (Å²) in [5.41, 5.74) is 5.22. The van der Waals surface area contributed by atoms with Crippen LogP contribution in [-0.4, -0.2) is 16.9 Å². The van der Waals surface area contributed by atoms with Gasteiger partial charge in [0, 0.05) is 0 Å². The average molecular weight is 412 g/mol. The van der Waals surface area contributed by atoms with Crippen LogP contribution in [0.1, 0.15) is 22.7 Å². The number of fused-ring (bicyclic) bond motifs is 1.